The van der Waals surface area contributed by atoms with E-state index in [2.05, 4.69) is 10.3 Å². The molecule has 1 aromatic carbocycles. The van der Waals surface area contributed by atoms with Crippen molar-refractivity contribution < 1.29 is 14.3 Å². The van der Waals surface area contributed by atoms with Gasteiger partial charge in [-0.3, -0.25) is 9.59 Å². The number of rotatable bonds is 8. The molecule has 0 aliphatic heterocycles. The first-order valence-electron chi connectivity index (χ1n) is 8.03. The van der Waals surface area contributed by atoms with Crippen molar-refractivity contribution in [3.63, 3.8) is 0 Å². The Morgan fingerprint density at radius 3 is 2.83 bits per heavy atom. The Balaban J connectivity index is 1.81. The van der Waals surface area contributed by atoms with Crippen LogP contribution in [0.4, 0.5) is 5.69 Å². The van der Waals surface area contributed by atoms with Crippen molar-refractivity contribution in [3.05, 3.63) is 45.9 Å². The van der Waals surface area contributed by atoms with E-state index >= 15 is 0 Å². The Morgan fingerprint density at radius 1 is 1.29 bits per heavy atom. The maximum absolute atomic E-state index is 12.1. The molecule has 0 unspecified atom stereocenters. The fraction of sp³-hybridized carbons (Fsp3) is 0.389. The van der Waals surface area contributed by atoms with Crippen LogP contribution in [0.1, 0.15) is 42.5 Å². The number of esters is 1. The highest BCUT2D eigenvalue weighted by atomic mass is 32.1. The number of carbonyl (C=O) groups excluding carboxylic acids is 2. The first-order valence-corrected chi connectivity index (χ1v) is 8.91. The number of aryl methyl sites for hydroxylation is 1. The van der Waals surface area contributed by atoms with Crippen molar-refractivity contribution in [3.8, 4) is 0 Å². The van der Waals surface area contributed by atoms with E-state index in [4.69, 9.17) is 4.74 Å². The lowest BCUT2D eigenvalue weighted by atomic mass is 10.2. The molecule has 0 radical (unpaired) electrons. The van der Waals surface area contributed by atoms with Crippen molar-refractivity contribution in [2.24, 2.45) is 0 Å². The van der Waals surface area contributed by atoms with Crippen LogP contribution in [0.5, 0.6) is 0 Å². The second-order valence-electron chi connectivity index (χ2n) is 5.54. The lowest BCUT2D eigenvalue weighted by molar-refractivity contribution is -0.145. The van der Waals surface area contributed by atoms with Crippen LogP contribution < -0.4 is 5.32 Å². The number of aromatic nitrogens is 1. The number of carbonyl (C=O) groups is 2. The maximum Gasteiger partial charge on any atom is 0.306 e. The van der Waals surface area contributed by atoms with Crippen molar-refractivity contribution in [1.82, 2.24) is 4.98 Å². The first kappa shape index (κ1) is 18.1. The van der Waals surface area contributed by atoms with Gasteiger partial charge >= 0.3 is 5.97 Å². The number of hydrogen-bond acceptors (Lipinski definition) is 5. The molecule has 1 aromatic heterocycles. The molecule has 0 fully saturated rings. The van der Waals surface area contributed by atoms with Gasteiger partial charge in [0.15, 0.2) is 0 Å². The number of nitrogens with one attached hydrogen (secondary N) is 1. The Kier molecular flexibility index (Phi) is 6.93. The van der Waals surface area contributed by atoms with Crippen LogP contribution in [-0.4, -0.2) is 16.9 Å². The van der Waals surface area contributed by atoms with E-state index in [9.17, 15) is 9.59 Å². The van der Waals surface area contributed by atoms with Gasteiger partial charge in [-0.1, -0.05) is 31.5 Å². The predicted octanol–water partition coefficient (Wildman–Crippen LogP) is 3.87. The highest BCUT2D eigenvalue weighted by molar-refractivity contribution is 7.09. The molecule has 1 heterocycles. The molecule has 0 atom stereocenters. The number of benzene rings is 1. The Morgan fingerprint density at radius 2 is 2.08 bits per heavy atom. The summed E-state index contributed by atoms with van der Waals surface area (Å²) in [6.07, 6.45) is 2.45. The smallest absolute Gasteiger partial charge is 0.306 e. The fourth-order valence-electron chi connectivity index (χ4n) is 2.09. The van der Waals surface area contributed by atoms with Gasteiger partial charge in [0, 0.05) is 17.5 Å². The molecule has 0 bridgehead atoms. The van der Waals surface area contributed by atoms with E-state index in [1.165, 1.54) is 11.3 Å². The average molecular weight is 346 g/mol. The molecule has 0 saturated heterocycles. The fourth-order valence-corrected chi connectivity index (χ4v) is 2.87. The topological polar surface area (TPSA) is 68.3 Å². The van der Waals surface area contributed by atoms with E-state index in [0.717, 1.165) is 24.1 Å². The molecule has 2 aromatic rings. The van der Waals surface area contributed by atoms with Crippen LogP contribution in [0.25, 0.3) is 0 Å². The van der Waals surface area contributed by atoms with Crippen molar-refractivity contribution in [2.45, 2.75) is 46.1 Å². The minimum absolute atomic E-state index is 0.106. The molecule has 0 spiro atoms. The summed E-state index contributed by atoms with van der Waals surface area (Å²) in [5.74, 6) is -0.311. The van der Waals surface area contributed by atoms with Gasteiger partial charge in [0.05, 0.1) is 12.1 Å². The summed E-state index contributed by atoms with van der Waals surface area (Å²) in [7, 11) is 0. The Bertz CT molecular complexity index is 697. The molecule has 0 saturated carbocycles. The van der Waals surface area contributed by atoms with Crippen LogP contribution in [-0.2, 0) is 27.4 Å². The molecule has 1 N–H and O–H groups in total. The number of anilines is 1. The van der Waals surface area contributed by atoms with E-state index in [0.29, 0.717) is 17.1 Å². The molecular formula is C18H22N2O3S. The zero-order chi connectivity index (χ0) is 17.4. The third-order valence-corrected chi connectivity index (χ3v) is 4.34. The number of para-hydroxylation sites is 1. The van der Waals surface area contributed by atoms with Gasteiger partial charge < -0.3 is 10.1 Å². The number of ether oxygens (including phenoxy) is 1. The minimum Gasteiger partial charge on any atom is -0.459 e. The van der Waals surface area contributed by atoms with Gasteiger partial charge in [0.25, 0.3) is 0 Å². The first-order chi connectivity index (χ1) is 11.6. The van der Waals surface area contributed by atoms with E-state index < -0.39 is 0 Å². The highest BCUT2D eigenvalue weighted by Gasteiger charge is 2.10. The van der Waals surface area contributed by atoms with Crippen molar-refractivity contribution >= 4 is 28.9 Å². The average Bonchev–Trinajstić information content (AvgIpc) is 3.00. The SMILES string of the molecule is CCCCC(=O)OCc1csc(CC(=O)Nc2ccccc2C)n1. The minimum atomic E-state index is -0.205. The molecular weight excluding hydrogens is 324 g/mol. The van der Waals surface area contributed by atoms with Gasteiger partial charge in [0.1, 0.15) is 11.6 Å². The Hall–Kier alpha value is -2.21. The third kappa shape index (κ3) is 5.77. The summed E-state index contributed by atoms with van der Waals surface area (Å²) in [6.45, 7) is 4.14. The summed E-state index contributed by atoms with van der Waals surface area (Å²) in [6, 6.07) is 7.64. The van der Waals surface area contributed by atoms with Crippen LogP contribution in [0.3, 0.4) is 0 Å². The summed E-state index contributed by atoms with van der Waals surface area (Å²) < 4.78 is 5.16. The predicted molar refractivity (Wildman–Crippen MR) is 94.9 cm³/mol. The number of nitrogens with zero attached hydrogens (tertiary/aromatic N) is 1. The molecule has 128 valence electrons. The largest absolute Gasteiger partial charge is 0.459 e. The number of unbranched alkanes of at least 4 members (excludes halogenated alkanes) is 1. The Labute approximate surface area is 146 Å². The lowest BCUT2D eigenvalue weighted by Crippen LogP contribution is -2.15. The van der Waals surface area contributed by atoms with Crippen LogP contribution in [0, 0.1) is 6.92 Å². The lowest BCUT2D eigenvalue weighted by Gasteiger charge is -2.06. The molecule has 24 heavy (non-hydrogen) atoms. The van der Waals surface area contributed by atoms with Crippen molar-refractivity contribution in [2.75, 3.05) is 5.32 Å². The van der Waals surface area contributed by atoms with Crippen LogP contribution in [0.15, 0.2) is 29.6 Å². The normalized spacial score (nSPS) is 10.4. The van der Waals surface area contributed by atoms with Gasteiger partial charge in [-0.05, 0) is 25.0 Å². The summed E-state index contributed by atoms with van der Waals surface area (Å²) >= 11 is 1.40. The second-order valence-corrected chi connectivity index (χ2v) is 6.48. The van der Waals surface area contributed by atoms with Gasteiger partial charge in [-0.15, -0.1) is 11.3 Å². The zero-order valence-corrected chi connectivity index (χ0v) is 14.8. The molecule has 0 aliphatic rings. The van der Waals surface area contributed by atoms with E-state index in [1.54, 1.807) is 0 Å². The molecule has 0 aliphatic carbocycles. The molecule has 6 heteroatoms. The number of thiazole rings is 1. The van der Waals surface area contributed by atoms with Gasteiger partial charge in [-0.25, -0.2) is 4.98 Å². The van der Waals surface area contributed by atoms with E-state index in [1.807, 2.05) is 43.5 Å². The molecule has 2 rings (SSSR count). The standard InChI is InChI=1S/C18H22N2O3S/c1-3-4-9-18(22)23-11-14-12-24-17(19-14)10-16(21)20-15-8-6-5-7-13(15)2/h5-8,12H,3-4,9-11H2,1-2H3,(H,20,21). The summed E-state index contributed by atoms with van der Waals surface area (Å²) in [4.78, 5) is 27.9. The molecule has 5 nitrogen and oxygen atoms in total. The number of amides is 1. The van der Waals surface area contributed by atoms with Crippen LogP contribution >= 0.6 is 11.3 Å². The highest BCUT2D eigenvalue weighted by Crippen LogP contribution is 2.16. The van der Waals surface area contributed by atoms with Gasteiger partial charge in [0.2, 0.25) is 5.91 Å². The number of hydrogen-bond donors (Lipinski definition) is 1. The summed E-state index contributed by atoms with van der Waals surface area (Å²) in [5, 5.41) is 5.42. The van der Waals surface area contributed by atoms with Crippen molar-refractivity contribution in [1.29, 1.82) is 0 Å². The zero-order valence-electron chi connectivity index (χ0n) is 14.0. The van der Waals surface area contributed by atoms with Crippen LogP contribution in [0.2, 0.25) is 0 Å². The second kappa shape index (κ2) is 9.17. The maximum atomic E-state index is 12.1. The monoisotopic (exact) mass is 346 g/mol. The molecule has 1 amide bonds. The van der Waals surface area contributed by atoms with E-state index in [-0.39, 0.29) is 24.9 Å². The quantitative estimate of drug-likeness (QED) is 0.737. The summed E-state index contributed by atoms with van der Waals surface area (Å²) in [5.41, 5.74) is 2.51. The van der Waals surface area contributed by atoms with Gasteiger partial charge in [-0.2, -0.15) is 0 Å². The third-order valence-electron chi connectivity index (χ3n) is 3.45.